The zero-order chi connectivity index (χ0) is 21.3. The van der Waals surface area contributed by atoms with Crippen molar-refractivity contribution >= 4 is 11.7 Å². The van der Waals surface area contributed by atoms with Gasteiger partial charge in [-0.25, -0.2) is 9.67 Å². The minimum Gasteiger partial charge on any atom is -0.486 e. The van der Waals surface area contributed by atoms with E-state index in [0.717, 1.165) is 5.56 Å². The SMILES string of the molecule is Cc1nn(C(F)F)c(C)c1CC(=O)Nc1cccc(-c2ccc3c(c2)OCCO3)n1. The molecule has 1 amide bonds. The number of ether oxygens (including phenoxy) is 2. The van der Waals surface area contributed by atoms with Crippen LogP contribution in [0.15, 0.2) is 36.4 Å². The van der Waals surface area contributed by atoms with E-state index in [4.69, 9.17) is 9.47 Å². The molecule has 0 fully saturated rings. The van der Waals surface area contributed by atoms with Crippen LogP contribution >= 0.6 is 0 Å². The number of hydrogen-bond acceptors (Lipinski definition) is 5. The summed E-state index contributed by atoms with van der Waals surface area (Å²) < 4.78 is 37.7. The van der Waals surface area contributed by atoms with Gasteiger partial charge in [-0.1, -0.05) is 6.07 Å². The molecule has 1 aliphatic rings. The van der Waals surface area contributed by atoms with Gasteiger partial charge in [0.15, 0.2) is 11.5 Å². The Hall–Kier alpha value is -3.49. The molecular weight excluding hydrogens is 394 g/mol. The fourth-order valence-electron chi connectivity index (χ4n) is 3.36. The predicted molar refractivity (Wildman–Crippen MR) is 106 cm³/mol. The van der Waals surface area contributed by atoms with E-state index in [9.17, 15) is 13.6 Å². The molecule has 0 saturated heterocycles. The molecule has 9 heteroatoms. The monoisotopic (exact) mass is 414 g/mol. The first kappa shape index (κ1) is 19.8. The number of halogens is 2. The van der Waals surface area contributed by atoms with Crippen molar-refractivity contribution in [3.05, 3.63) is 53.3 Å². The average Bonchev–Trinajstić information content (AvgIpc) is 3.02. The van der Waals surface area contributed by atoms with E-state index in [1.54, 1.807) is 19.1 Å². The van der Waals surface area contributed by atoms with Crippen molar-refractivity contribution in [3.63, 3.8) is 0 Å². The summed E-state index contributed by atoms with van der Waals surface area (Å²) in [4.78, 5) is 17.0. The predicted octanol–water partition coefficient (Wildman–Crippen LogP) is 3.91. The molecule has 0 radical (unpaired) electrons. The number of hydrogen-bond donors (Lipinski definition) is 1. The number of fused-ring (bicyclic) bond motifs is 1. The van der Waals surface area contributed by atoms with E-state index in [1.165, 1.54) is 6.92 Å². The minimum absolute atomic E-state index is 0.0691. The molecule has 1 aliphatic heterocycles. The van der Waals surface area contributed by atoms with Crippen LogP contribution in [-0.4, -0.2) is 33.9 Å². The second-order valence-corrected chi connectivity index (χ2v) is 6.86. The van der Waals surface area contributed by atoms with Crippen LogP contribution in [0.1, 0.15) is 23.5 Å². The van der Waals surface area contributed by atoms with E-state index >= 15 is 0 Å². The number of pyridine rings is 1. The first-order chi connectivity index (χ1) is 14.4. The highest BCUT2D eigenvalue weighted by atomic mass is 19.3. The highest BCUT2D eigenvalue weighted by Crippen LogP contribution is 2.34. The summed E-state index contributed by atoms with van der Waals surface area (Å²) in [6, 6.07) is 10.8. The van der Waals surface area contributed by atoms with Crippen molar-refractivity contribution in [3.8, 4) is 22.8 Å². The molecule has 0 atom stereocenters. The summed E-state index contributed by atoms with van der Waals surface area (Å²) in [5, 5.41) is 6.53. The number of aryl methyl sites for hydroxylation is 1. The number of amides is 1. The highest BCUT2D eigenvalue weighted by molar-refractivity contribution is 5.92. The second-order valence-electron chi connectivity index (χ2n) is 6.86. The lowest BCUT2D eigenvalue weighted by atomic mass is 10.1. The van der Waals surface area contributed by atoms with E-state index in [-0.39, 0.29) is 18.0 Å². The zero-order valence-electron chi connectivity index (χ0n) is 16.5. The first-order valence-electron chi connectivity index (χ1n) is 9.42. The molecule has 0 aliphatic carbocycles. The number of benzene rings is 1. The van der Waals surface area contributed by atoms with Gasteiger partial charge in [0, 0.05) is 16.8 Å². The topological polar surface area (TPSA) is 78.3 Å². The number of aromatic nitrogens is 3. The number of anilines is 1. The van der Waals surface area contributed by atoms with Crippen LogP contribution in [0.5, 0.6) is 11.5 Å². The molecule has 1 aromatic carbocycles. The Morgan fingerprint density at radius 3 is 2.67 bits per heavy atom. The Morgan fingerprint density at radius 2 is 1.93 bits per heavy atom. The van der Waals surface area contributed by atoms with Gasteiger partial charge in [-0.3, -0.25) is 4.79 Å². The number of carbonyl (C=O) groups excluding carboxylic acids is 1. The normalized spacial score (nSPS) is 12.8. The summed E-state index contributed by atoms with van der Waals surface area (Å²) in [6.07, 6.45) is -0.0691. The van der Waals surface area contributed by atoms with Crippen LogP contribution in [0.3, 0.4) is 0 Å². The molecule has 0 saturated carbocycles. The van der Waals surface area contributed by atoms with Crippen LogP contribution in [0, 0.1) is 13.8 Å². The van der Waals surface area contributed by atoms with Crippen LogP contribution in [0.25, 0.3) is 11.3 Å². The van der Waals surface area contributed by atoms with E-state index in [0.29, 0.717) is 52.2 Å². The number of nitrogens with zero attached hydrogens (tertiary/aromatic N) is 3. The van der Waals surface area contributed by atoms with Gasteiger partial charge in [0.05, 0.1) is 17.8 Å². The van der Waals surface area contributed by atoms with Crippen LogP contribution < -0.4 is 14.8 Å². The molecule has 1 N–H and O–H groups in total. The van der Waals surface area contributed by atoms with Crippen LogP contribution in [0.4, 0.5) is 14.6 Å². The molecule has 156 valence electrons. The summed E-state index contributed by atoms with van der Waals surface area (Å²) in [5.74, 6) is 1.34. The maximum Gasteiger partial charge on any atom is 0.333 e. The Kier molecular flexibility index (Phi) is 5.35. The van der Waals surface area contributed by atoms with Crippen molar-refractivity contribution < 1.29 is 23.0 Å². The van der Waals surface area contributed by atoms with Gasteiger partial charge in [-0.15, -0.1) is 0 Å². The largest absolute Gasteiger partial charge is 0.486 e. The Bertz CT molecular complexity index is 1100. The number of rotatable bonds is 5. The van der Waals surface area contributed by atoms with Gasteiger partial charge in [0.1, 0.15) is 19.0 Å². The van der Waals surface area contributed by atoms with Gasteiger partial charge in [-0.2, -0.15) is 13.9 Å². The Labute approximate surface area is 171 Å². The van der Waals surface area contributed by atoms with E-state index in [2.05, 4.69) is 15.4 Å². The molecule has 2 aromatic heterocycles. The first-order valence-corrected chi connectivity index (χ1v) is 9.42. The smallest absolute Gasteiger partial charge is 0.333 e. The molecule has 0 bridgehead atoms. The van der Waals surface area contributed by atoms with Gasteiger partial charge in [0.2, 0.25) is 5.91 Å². The highest BCUT2D eigenvalue weighted by Gasteiger charge is 2.19. The summed E-state index contributed by atoms with van der Waals surface area (Å²) in [7, 11) is 0. The lowest BCUT2D eigenvalue weighted by Gasteiger charge is -2.18. The molecule has 3 aromatic rings. The third-order valence-corrected chi connectivity index (χ3v) is 4.85. The molecule has 4 rings (SSSR count). The summed E-state index contributed by atoms with van der Waals surface area (Å²) in [6.45, 7) is 1.39. The zero-order valence-corrected chi connectivity index (χ0v) is 16.5. The third-order valence-electron chi connectivity index (χ3n) is 4.85. The van der Waals surface area contributed by atoms with E-state index in [1.807, 2.05) is 24.3 Å². The molecule has 30 heavy (non-hydrogen) atoms. The van der Waals surface area contributed by atoms with E-state index < -0.39 is 6.55 Å². The minimum atomic E-state index is -2.75. The molecule has 7 nitrogen and oxygen atoms in total. The van der Waals surface area contributed by atoms with Gasteiger partial charge < -0.3 is 14.8 Å². The fourth-order valence-corrected chi connectivity index (χ4v) is 3.36. The lowest BCUT2D eigenvalue weighted by molar-refractivity contribution is -0.115. The van der Waals surface area contributed by atoms with Crippen molar-refractivity contribution in [2.75, 3.05) is 18.5 Å². The third kappa shape index (κ3) is 3.96. The quantitative estimate of drug-likeness (QED) is 0.685. The summed E-state index contributed by atoms with van der Waals surface area (Å²) >= 11 is 0. The standard InChI is InChI=1S/C21H20F2N4O3/c1-12-15(13(2)27(26-12)21(22)23)11-20(28)25-19-5-3-4-16(24-19)14-6-7-17-18(10-14)30-9-8-29-17/h3-7,10,21H,8-9,11H2,1-2H3,(H,24,25,28). The maximum absolute atomic E-state index is 13.0. The number of nitrogens with one attached hydrogen (secondary N) is 1. The van der Waals surface area contributed by atoms with Crippen molar-refractivity contribution in [2.24, 2.45) is 0 Å². The lowest BCUT2D eigenvalue weighted by Crippen LogP contribution is -2.16. The van der Waals surface area contributed by atoms with Crippen molar-refractivity contribution in [1.29, 1.82) is 0 Å². The van der Waals surface area contributed by atoms with Gasteiger partial charge in [-0.05, 0) is 44.2 Å². The molecule has 0 unspecified atom stereocenters. The van der Waals surface area contributed by atoms with Crippen molar-refractivity contribution in [1.82, 2.24) is 14.8 Å². The summed E-state index contributed by atoms with van der Waals surface area (Å²) in [5.41, 5.74) is 2.63. The van der Waals surface area contributed by atoms with Crippen molar-refractivity contribution in [2.45, 2.75) is 26.8 Å². The Morgan fingerprint density at radius 1 is 1.17 bits per heavy atom. The number of carbonyl (C=O) groups is 1. The maximum atomic E-state index is 13.0. The van der Waals surface area contributed by atoms with Crippen LogP contribution in [-0.2, 0) is 11.2 Å². The number of alkyl halides is 2. The molecule has 3 heterocycles. The Balaban J connectivity index is 1.50. The second kappa shape index (κ2) is 8.10. The van der Waals surface area contributed by atoms with Gasteiger partial charge in [0.25, 0.3) is 0 Å². The van der Waals surface area contributed by atoms with Crippen LogP contribution in [0.2, 0.25) is 0 Å². The molecule has 0 spiro atoms. The van der Waals surface area contributed by atoms with Gasteiger partial charge >= 0.3 is 6.55 Å². The fraction of sp³-hybridized carbons (Fsp3) is 0.286. The molecular formula is C21H20F2N4O3. The average molecular weight is 414 g/mol.